The highest BCUT2D eigenvalue weighted by Crippen LogP contribution is 2.21. The maximum absolute atomic E-state index is 9.23. The van der Waals surface area contributed by atoms with Gasteiger partial charge in [-0.2, -0.15) is 0 Å². The molecule has 1 aliphatic rings. The van der Waals surface area contributed by atoms with Gasteiger partial charge in [0.15, 0.2) is 0 Å². The quantitative estimate of drug-likeness (QED) is 0.695. The lowest BCUT2D eigenvalue weighted by atomic mass is 9.88. The Morgan fingerprint density at radius 2 is 2.25 bits per heavy atom. The molecule has 0 aromatic rings. The fourth-order valence-electron chi connectivity index (χ4n) is 2.01. The maximum atomic E-state index is 9.23. The topological polar surface area (TPSA) is 58.7 Å². The molecule has 0 aliphatic carbocycles. The van der Waals surface area contributed by atoms with Crippen LogP contribution in [-0.4, -0.2) is 55.5 Å². The average Bonchev–Trinajstić information content (AvgIpc) is 2.29. The molecule has 0 aromatic carbocycles. The van der Waals surface area contributed by atoms with Crippen LogP contribution >= 0.6 is 0 Å². The Morgan fingerprint density at radius 1 is 1.50 bits per heavy atom. The summed E-state index contributed by atoms with van der Waals surface area (Å²) in [5.74, 6) is 0. The second-order valence-corrected chi connectivity index (χ2v) is 5.42. The average molecular weight is 230 g/mol. The van der Waals surface area contributed by atoms with Crippen LogP contribution in [0.3, 0.4) is 0 Å². The summed E-state index contributed by atoms with van der Waals surface area (Å²) in [6.07, 6.45) is 2.28. The Hall–Kier alpha value is -0.160. The van der Waals surface area contributed by atoms with E-state index in [-0.39, 0.29) is 18.1 Å². The van der Waals surface area contributed by atoms with E-state index in [0.717, 1.165) is 39.1 Å². The summed E-state index contributed by atoms with van der Waals surface area (Å²) >= 11 is 0. The largest absolute Gasteiger partial charge is 0.395 e. The van der Waals surface area contributed by atoms with Gasteiger partial charge in [-0.3, -0.25) is 4.90 Å². The highest BCUT2D eigenvalue weighted by molar-refractivity contribution is 4.76. The first-order chi connectivity index (χ1) is 7.59. The van der Waals surface area contributed by atoms with Gasteiger partial charge in [0.2, 0.25) is 0 Å². The predicted molar refractivity (Wildman–Crippen MR) is 65.3 cm³/mol. The number of ether oxygens (including phenoxy) is 1. The second-order valence-electron chi connectivity index (χ2n) is 5.42. The van der Waals surface area contributed by atoms with Crippen LogP contribution in [0.5, 0.6) is 0 Å². The molecule has 0 spiro atoms. The molecule has 1 aliphatic heterocycles. The number of hydrogen-bond donors (Lipinski definition) is 2. The molecule has 1 fully saturated rings. The van der Waals surface area contributed by atoms with Crippen LogP contribution in [0.2, 0.25) is 0 Å². The van der Waals surface area contributed by atoms with Gasteiger partial charge in [0.25, 0.3) is 0 Å². The molecule has 0 saturated carbocycles. The Morgan fingerprint density at radius 3 is 2.88 bits per heavy atom. The third-order valence-electron chi connectivity index (χ3n) is 3.41. The molecule has 3 N–H and O–H groups in total. The Labute approximate surface area is 98.8 Å². The molecule has 0 aromatic heterocycles. The van der Waals surface area contributed by atoms with Gasteiger partial charge in [0.05, 0.1) is 25.9 Å². The fraction of sp³-hybridized carbons (Fsp3) is 1.00. The van der Waals surface area contributed by atoms with E-state index in [9.17, 15) is 5.11 Å². The molecule has 4 nitrogen and oxygen atoms in total. The van der Waals surface area contributed by atoms with Gasteiger partial charge in [-0.05, 0) is 31.3 Å². The standard InChI is InChI=1S/C12H26N2O2/c1-12(2,10-13)4-3-5-14-6-7-16-9-11(14)8-15/h11,15H,3-10,13H2,1-2H3. The summed E-state index contributed by atoms with van der Waals surface area (Å²) in [7, 11) is 0. The van der Waals surface area contributed by atoms with E-state index in [0.29, 0.717) is 6.61 Å². The van der Waals surface area contributed by atoms with Crippen LogP contribution in [-0.2, 0) is 4.74 Å². The number of aliphatic hydroxyl groups is 1. The molecule has 16 heavy (non-hydrogen) atoms. The van der Waals surface area contributed by atoms with Crippen LogP contribution in [0.15, 0.2) is 0 Å². The summed E-state index contributed by atoms with van der Waals surface area (Å²) in [5, 5.41) is 9.23. The van der Waals surface area contributed by atoms with Gasteiger partial charge in [0.1, 0.15) is 0 Å². The monoisotopic (exact) mass is 230 g/mol. The number of morpholine rings is 1. The third-order valence-corrected chi connectivity index (χ3v) is 3.41. The number of nitrogens with zero attached hydrogens (tertiary/aromatic N) is 1. The first-order valence-electron chi connectivity index (χ1n) is 6.22. The normalized spacial score (nSPS) is 23.6. The molecule has 0 bridgehead atoms. The highest BCUT2D eigenvalue weighted by Gasteiger charge is 2.22. The van der Waals surface area contributed by atoms with Crippen molar-refractivity contribution in [2.75, 3.05) is 39.5 Å². The molecule has 96 valence electrons. The Kier molecular flexibility index (Phi) is 5.69. The van der Waals surface area contributed by atoms with Crippen LogP contribution in [0, 0.1) is 5.41 Å². The molecular formula is C12H26N2O2. The van der Waals surface area contributed by atoms with Crippen LogP contribution in [0.1, 0.15) is 26.7 Å². The number of hydrogen-bond acceptors (Lipinski definition) is 4. The molecule has 4 heteroatoms. The van der Waals surface area contributed by atoms with Crippen molar-refractivity contribution < 1.29 is 9.84 Å². The smallest absolute Gasteiger partial charge is 0.0644 e. The lowest BCUT2D eigenvalue weighted by Gasteiger charge is -2.35. The molecule has 1 unspecified atom stereocenters. The minimum absolute atomic E-state index is 0.190. The van der Waals surface area contributed by atoms with E-state index in [1.807, 2.05) is 0 Å². The van der Waals surface area contributed by atoms with Crippen LogP contribution < -0.4 is 5.73 Å². The lowest BCUT2D eigenvalue weighted by Crippen LogP contribution is -2.47. The van der Waals surface area contributed by atoms with E-state index < -0.39 is 0 Å². The zero-order valence-electron chi connectivity index (χ0n) is 10.6. The molecule has 1 rings (SSSR count). The summed E-state index contributed by atoms with van der Waals surface area (Å²) in [5.41, 5.74) is 5.94. The lowest BCUT2D eigenvalue weighted by molar-refractivity contribution is -0.0285. The van der Waals surface area contributed by atoms with Crippen molar-refractivity contribution in [3.8, 4) is 0 Å². The van der Waals surface area contributed by atoms with E-state index >= 15 is 0 Å². The molecule has 1 heterocycles. The number of aliphatic hydroxyl groups excluding tert-OH is 1. The minimum atomic E-state index is 0.190. The zero-order chi connectivity index (χ0) is 12.0. The molecule has 1 saturated heterocycles. The summed E-state index contributed by atoms with van der Waals surface area (Å²) in [6, 6.07) is 0.190. The first-order valence-corrected chi connectivity index (χ1v) is 6.22. The zero-order valence-corrected chi connectivity index (χ0v) is 10.6. The second kappa shape index (κ2) is 6.55. The van der Waals surface area contributed by atoms with Crippen LogP contribution in [0.25, 0.3) is 0 Å². The van der Waals surface area contributed by atoms with Gasteiger partial charge in [-0.1, -0.05) is 13.8 Å². The molecule has 0 radical (unpaired) electrons. The van der Waals surface area contributed by atoms with Crippen molar-refractivity contribution in [3.05, 3.63) is 0 Å². The van der Waals surface area contributed by atoms with Gasteiger partial charge in [-0.15, -0.1) is 0 Å². The summed E-state index contributed by atoms with van der Waals surface area (Å²) < 4.78 is 5.35. The van der Waals surface area contributed by atoms with E-state index in [4.69, 9.17) is 10.5 Å². The number of rotatable bonds is 6. The van der Waals surface area contributed by atoms with Gasteiger partial charge in [0, 0.05) is 6.54 Å². The van der Waals surface area contributed by atoms with Crippen LogP contribution in [0.4, 0.5) is 0 Å². The van der Waals surface area contributed by atoms with Gasteiger partial charge < -0.3 is 15.6 Å². The van der Waals surface area contributed by atoms with Gasteiger partial charge in [-0.25, -0.2) is 0 Å². The predicted octanol–water partition coefficient (Wildman–Crippen LogP) is 0.445. The first kappa shape index (κ1) is 13.9. The third kappa shape index (κ3) is 4.37. The van der Waals surface area contributed by atoms with Gasteiger partial charge >= 0.3 is 0 Å². The molecule has 1 atom stereocenters. The van der Waals surface area contributed by atoms with E-state index in [1.54, 1.807) is 0 Å². The minimum Gasteiger partial charge on any atom is -0.395 e. The summed E-state index contributed by atoms with van der Waals surface area (Å²) in [6.45, 7) is 8.77. The van der Waals surface area contributed by atoms with E-state index in [2.05, 4.69) is 18.7 Å². The van der Waals surface area contributed by atoms with Crippen molar-refractivity contribution in [2.45, 2.75) is 32.7 Å². The SMILES string of the molecule is CC(C)(CN)CCCN1CCOCC1CO. The van der Waals surface area contributed by atoms with Crippen molar-refractivity contribution in [2.24, 2.45) is 11.1 Å². The van der Waals surface area contributed by atoms with Crippen molar-refractivity contribution in [1.29, 1.82) is 0 Å². The van der Waals surface area contributed by atoms with Crippen molar-refractivity contribution in [1.82, 2.24) is 4.90 Å². The Bertz CT molecular complexity index is 197. The molecular weight excluding hydrogens is 204 g/mol. The maximum Gasteiger partial charge on any atom is 0.0644 e. The van der Waals surface area contributed by atoms with E-state index in [1.165, 1.54) is 0 Å². The molecule has 0 amide bonds. The highest BCUT2D eigenvalue weighted by atomic mass is 16.5. The Balaban J connectivity index is 2.25. The summed E-state index contributed by atoms with van der Waals surface area (Å²) in [4.78, 5) is 2.33. The van der Waals surface area contributed by atoms with Crippen molar-refractivity contribution >= 4 is 0 Å². The fourth-order valence-corrected chi connectivity index (χ4v) is 2.01. The van der Waals surface area contributed by atoms with Crippen molar-refractivity contribution in [3.63, 3.8) is 0 Å². The number of nitrogens with two attached hydrogens (primary N) is 1.